The van der Waals surface area contributed by atoms with Gasteiger partial charge in [-0.15, -0.1) is 0 Å². The standard InChI is InChI=1S/C25H29N5O2/c1-17(2)28-25-27-16-21(22-9-4-5-12-26-22)23(29-25)18-10-13-30(14-11-18)24(31)19-7-6-8-20(15-19)32-3/h4-9,12,15-18H,10-11,13-14H2,1-3H3,(H,27,28,29). The second-order valence-electron chi connectivity index (χ2n) is 8.30. The first-order chi connectivity index (χ1) is 15.5. The van der Waals surface area contributed by atoms with Crippen molar-refractivity contribution in [1.29, 1.82) is 0 Å². The van der Waals surface area contributed by atoms with Crippen molar-refractivity contribution < 1.29 is 9.53 Å². The van der Waals surface area contributed by atoms with Crippen LogP contribution in [0.4, 0.5) is 5.95 Å². The number of methoxy groups -OCH3 is 1. The van der Waals surface area contributed by atoms with Gasteiger partial charge in [-0.3, -0.25) is 9.78 Å². The second-order valence-corrected chi connectivity index (χ2v) is 8.30. The van der Waals surface area contributed by atoms with E-state index in [0.717, 1.165) is 29.8 Å². The molecule has 1 aliphatic heterocycles. The summed E-state index contributed by atoms with van der Waals surface area (Å²) >= 11 is 0. The molecule has 0 unspecified atom stereocenters. The molecule has 1 N–H and O–H groups in total. The monoisotopic (exact) mass is 431 g/mol. The van der Waals surface area contributed by atoms with Crippen molar-refractivity contribution in [2.75, 3.05) is 25.5 Å². The van der Waals surface area contributed by atoms with Gasteiger partial charge in [0.1, 0.15) is 5.75 Å². The number of benzene rings is 1. The summed E-state index contributed by atoms with van der Waals surface area (Å²) in [7, 11) is 1.61. The molecular formula is C25H29N5O2. The summed E-state index contributed by atoms with van der Waals surface area (Å²) in [5.74, 6) is 1.59. The number of nitrogens with zero attached hydrogens (tertiary/aromatic N) is 4. The van der Waals surface area contributed by atoms with Gasteiger partial charge in [0, 0.05) is 48.6 Å². The minimum atomic E-state index is 0.0390. The summed E-state index contributed by atoms with van der Waals surface area (Å²) in [5, 5.41) is 3.30. The normalized spacial score (nSPS) is 14.4. The molecule has 1 aliphatic rings. The third-order valence-electron chi connectivity index (χ3n) is 5.66. The van der Waals surface area contributed by atoms with E-state index in [1.54, 1.807) is 19.4 Å². The van der Waals surface area contributed by atoms with Crippen molar-refractivity contribution >= 4 is 11.9 Å². The summed E-state index contributed by atoms with van der Waals surface area (Å²) in [5.41, 5.74) is 3.48. The highest BCUT2D eigenvalue weighted by molar-refractivity contribution is 5.94. The molecule has 1 saturated heterocycles. The van der Waals surface area contributed by atoms with E-state index in [-0.39, 0.29) is 17.9 Å². The van der Waals surface area contributed by atoms with E-state index in [1.165, 1.54) is 0 Å². The van der Waals surface area contributed by atoms with Gasteiger partial charge in [-0.1, -0.05) is 12.1 Å². The summed E-state index contributed by atoms with van der Waals surface area (Å²) in [6.45, 7) is 5.50. The molecule has 7 nitrogen and oxygen atoms in total. The van der Waals surface area contributed by atoms with Crippen LogP contribution in [0, 0.1) is 0 Å². The molecule has 1 aromatic carbocycles. The minimum absolute atomic E-state index is 0.0390. The second kappa shape index (κ2) is 9.77. The van der Waals surface area contributed by atoms with Crippen LogP contribution in [0.1, 0.15) is 48.7 Å². The van der Waals surface area contributed by atoms with Crippen LogP contribution in [0.25, 0.3) is 11.3 Å². The van der Waals surface area contributed by atoms with Gasteiger partial charge in [-0.05, 0) is 57.0 Å². The van der Waals surface area contributed by atoms with E-state index in [1.807, 2.05) is 47.5 Å². The number of hydrogen-bond donors (Lipinski definition) is 1. The van der Waals surface area contributed by atoms with Crippen molar-refractivity contribution in [1.82, 2.24) is 19.9 Å². The maximum absolute atomic E-state index is 13.0. The first-order valence-electron chi connectivity index (χ1n) is 11.0. The van der Waals surface area contributed by atoms with Crippen molar-refractivity contribution in [3.63, 3.8) is 0 Å². The van der Waals surface area contributed by atoms with Gasteiger partial charge in [-0.2, -0.15) is 0 Å². The van der Waals surface area contributed by atoms with Gasteiger partial charge in [0.25, 0.3) is 5.91 Å². The fourth-order valence-electron chi connectivity index (χ4n) is 4.05. The maximum Gasteiger partial charge on any atom is 0.253 e. The van der Waals surface area contributed by atoms with Crippen LogP contribution in [0.3, 0.4) is 0 Å². The average Bonchev–Trinajstić information content (AvgIpc) is 2.84. The Morgan fingerprint density at radius 3 is 2.62 bits per heavy atom. The fourth-order valence-corrected chi connectivity index (χ4v) is 4.05. The Labute approximate surface area is 188 Å². The molecule has 166 valence electrons. The van der Waals surface area contributed by atoms with Crippen LogP contribution in [0.5, 0.6) is 5.75 Å². The SMILES string of the molecule is COc1cccc(C(=O)N2CCC(c3nc(NC(C)C)ncc3-c3ccccn3)CC2)c1. The van der Waals surface area contributed by atoms with Crippen LogP contribution in [-0.2, 0) is 0 Å². The number of carbonyl (C=O) groups is 1. The lowest BCUT2D eigenvalue weighted by molar-refractivity contribution is 0.0712. The smallest absolute Gasteiger partial charge is 0.253 e. The van der Waals surface area contributed by atoms with Crippen LogP contribution in [-0.4, -0.2) is 52.0 Å². The number of amides is 1. The molecule has 1 amide bonds. The number of carbonyl (C=O) groups excluding carboxylic acids is 1. The van der Waals surface area contributed by atoms with E-state index < -0.39 is 0 Å². The zero-order valence-corrected chi connectivity index (χ0v) is 18.8. The van der Waals surface area contributed by atoms with Crippen LogP contribution < -0.4 is 10.1 Å². The molecule has 4 rings (SSSR count). The third kappa shape index (κ3) is 4.88. The molecule has 0 saturated carbocycles. The molecule has 3 aromatic rings. The van der Waals surface area contributed by atoms with E-state index in [0.29, 0.717) is 30.4 Å². The lowest BCUT2D eigenvalue weighted by atomic mass is 9.89. The number of nitrogens with one attached hydrogen (secondary N) is 1. The maximum atomic E-state index is 13.0. The molecule has 7 heteroatoms. The highest BCUT2D eigenvalue weighted by Crippen LogP contribution is 2.34. The van der Waals surface area contributed by atoms with E-state index in [9.17, 15) is 4.79 Å². The molecule has 0 radical (unpaired) electrons. The Bertz CT molecular complexity index is 1060. The lowest BCUT2D eigenvalue weighted by Gasteiger charge is -2.32. The Morgan fingerprint density at radius 1 is 1.12 bits per heavy atom. The Balaban J connectivity index is 1.54. The van der Waals surface area contributed by atoms with Gasteiger partial charge >= 0.3 is 0 Å². The first kappa shape index (κ1) is 21.7. The number of ether oxygens (including phenoxy) is 1. The minimum Gasteiger partial charge on any atom is -0.497 e. The third-order valence-corrected chi connectivity index (χ3v) is 5.66. The number of hydrogen-bond acceptors (Lipinski definition) is 6. The number of likely N-dealkylation sites (tertiary alicyclic amines) is 1. The van der Waals surface area contributed by atoms with Crippen molar-refractivity contribution in [3.8, 4) is 17.0 Å². The van der Waals surface area contributed by atoms with Crippen LogP contribution in [0.15, 0.2) is 54.9 Å². The Kier molecular flexibility index (Phi) is 6.63. The van der Waals surface area contributed by atoms with Crippen molar-refractivity contribution in [3.05, 3.63) is 66.1 Å². The zero-order valence-electron chi connectivity index (χ0n) is 18.8. The molecule has 3 heterocycles. The Hall–Kier alpha value is -3.48. The number of rotatable bonds is 6. The molecule has 0 bridgehead atoms. The average molecular weight is 432 g/mol. The summed E-state index contributed by atoms with van der Waals surface area (Å²) < 4.78 is 5.26. The first-order valence-corrected chi connectivity index (χ1v) is 11.0. The van der Waals surface area contributed by atoms with Gasteiger partial charge in [0.2, 0.25) is 5.95 Å². The predicted octanol–water partition coefficient (Wildman–Crippen LogP) is 4.39. The van der Waals surface area contributed by atoms with Crippen LogP contribution in [0.2, 0.25) is 0 Å². The number of piperidine rings is 1. The number of anilines is 1. The quantitative estimate of drug-likeness (QED) is 0.624. The predicted molar refractivity (Wildman–Crippen MR) is 125 cm³/mol. The summed E-state index contributed by atoms with van der Waals surface area (Å²) in [6, 6.07) is 13.4. The van der Waals surface area contributed by atoms with Gasteiger partial charge < -0.3 is 15.0 Å². The van der Waals surface area contributed by atoms with Crippen molar-refractivity contribution in [2.45, 2.75) is 38.6 Å². The highest BCUT2D eigenvalue weighted by Gasteiger charge is 2.28. The van der Waals surface area contributed by atoms with E-state index in [2.05, 4.69) is 29.1 Å². The molecule has 0 atom stereocenters. The largest absolute Gasteiger partial charge is 0.497 e. The van der Waals surface area contributed by atoms with Crippen LogP contribution >= 0.6 is 0 Å². The van der Waals surface area contributed by atoms with E-state index >= 15 is 0 Å². The van der Waals surface area contributed by atoms with Gasteiger partial charge in [-0.25, -0.2) is 9.97 Å². The molecular weight excluding hydrogens is 402 g/mol. The topological polar surface area (TPSA) is 80.2 Å². The molecule has 0 spiro atoms. The fraction of sp³-hybridized carbons (Fsp3) is 0.360. The molecule has 0 aliphatic carbocycles. The van der Waals surface area contributed by atoms with E-state index in [4.69, 9.17) is 9.72 Å². The van der Waals surface area contributed by atoms with Crippen molar-refractivity contribution in [2.24, 2.45) is 0 Å². The van der Waals surface area contributed by atoms with Gasteiger partial charge in [0.05, 0.1) is 18.5 Å². The summed E-state index contributed by atoms with van der Waals surface area (Å²) in [4.78, 5) is 28.8. The zero-order chi connectivity index (χ0) is 22.5. The number of aromatic nitrogens is 3. The summed E-state index contributed by atoms with van der Waals surface area (Å²) in [6.07, 6.45) is 5.33. The molecule has 1 fully saturated rings. The lowest BCUT2D eigenvalue weighted by Crippen LogP contribution is -2.38. The van der Waals surface area contributed by atoms with Gasteiger partial charge in [0.15, 0.2) is 0 Å². The highest BCUT2D eigenvalue weighted by atomic mass is 16.5. The molecule has 2 aromatic heterocycles. The molecule has 32 heavy (non-hydrogen) atoms. The number of pyridine rings is 1. The Morgan fingerprint density at radius 2 is 1.94 bits per heavy atom.